The minimum Gasteiger partial charge on any atom is -0.457 e. The summed E-state index contributed by atoms with van der Waals surface area (Å²) in [6.45, 7) is -0.699. The molecule has 6 rings (SSSR count). The fourth-order valence-corrected chi connectivity index (χ4v) is 9.26. The summed E-state index contributed by atoms with van der Waals surface area (Å²) in [6.07, 6.45) is 1.74. The summed E-state index contributed by atoms with van der Waals surface area (Å²) in [5, 5.41) is 10.3. The molecule has 2 saturated heterocycles. The minimum absolute atomic E-state index is 0. The zero-order valence-electron chi connectivity index (χ0n) is 28.9. The normalized spacial score (nSPS) is 21.0. The van der Waals surface area contributed by atoms with Gasteiger partial charge in [0.05, 0.1) is 46.1 Å². The molecule has 2 aromatic carbocycles. The van der Waals surface area contributed by atoms with Gasteiger partial charge in [0.1, 0.15) is 17.7 Å². The Morgan fingerprint density at radius 1 is 0.746 bits per heavy atom. The van der Waals surface area contributed by atoms with E-state index in [1.807, 2.05) is 0 Å². The fourth-order valence-electron chi connectivity index (χ4n) is 5.43. The summed E-state index contributed by atoms with van der Waals surface area (Å²) >= 11 is 2.37. The van der Waals surface area contributed by atoms with Crippen LogP contribution >= 0.6 is 39.2 Å². The highest BCUT2D eigenvalue weighted by Crippen LogP contribution is 2.46. The predicted octanol–water partition coefficient (Wildman–Crippen LogP) is 4.04. The van der Waals surface area contributed by atoms with Gasteiger partial charge in [0, 0.05) is 30.8 Å². The van der Waals surface area contributed by atoms with Gasteiger partial charge in [-0.15, -0.1) is 23.5 Å². The number of hydrogen-bond acceptors (Lipinski definition) is 15. The lowest BCUT2D eigenvalue weighted by molar-refractivity contribution is 0.0254. The van der Waals surface area contributed by atoms with Gasteiger partial charge in [-0.1, -0.05) is 58.7 Å². The Morgan fingerprint density at radius 3 is 1.78 bits per heavy atom. The number of aromatic nitrogens is 4. The molecule has 2 aliphatic rings. The molecule has 2 fully saturated rings. The van der Waals surface area contributed by atoms with Crippen molar-refractivity contribution in [1.82, 2.24) is 19.1 Å². The number of phosphoric acid groups is 2. The number of carbonyl (C=O) groups excluding carboxylic acids is 2. The molecule has 24 heteroatoms. The van der Waals surface area contributed by atoms with E-state index in [2.05, 4.69) is 24.3 Å². The highest BCUT2D eigenvalue weighted by molar-refractivity contribution is 8.00. The van der Waals surface area contributed by atoms with Crippen molar-refractivity contribution >= 4 is 62.7 Å². The second-order valence-corrected chi connectivity index (χ2v) is 17.4. The van der Waals surface area contributed by atoms with E-state index in [1.165, 1.54) is 57.2 Å². The van der Waals surface area contributed by atoms with Crippen molar-refractivity contribution in [2.24, 2.45) is 0 Å². The maximum absolute atomic E-state index is 12.7. The number of thioether (sulfide) groups is 2. The summed E-state index contributed by atoms with van der Waals surface area (Å²) in [5.74, 6) is -0.844. The largest absolute Gasteiger partial charge is 0.469 e. The average molecular weight is 903 g/mol. The molecule has 0 bridgehead atoms. The first-order chi connectivity index (χ1) is 26.5. The van der Waals surface area contributed by atoms with Crippen molar-refractivity contribution in [2.45, 2.75) is 68.6 Å². The summed E-state index contributed by atoms with van der Waals surface area (Å²) in [6, 6.07) is 19.7. The van der Waals surface area contributed by atoms with Crippen LogP contribution in [0.25, 0.3) is 0 Å². The van der Waals surface area contributed by atoms with Gasteiger partial charge in [-0.25, -0.2) is 23.5 Å². The van der Waals surface area contributed by atoms with Crippen molar-refractivity contribution in [1.29, 1.82) is 0 Å². The first-order valence-electron chi connectivity index (χ1n) is 16.4. The van der Waals surface area contributed by atoms with Crippen molar-refractivity contribution in [2.75, 3.05) is 24.3 Å². The van der Waals surface area contributed by atoms with Crippen LogP contribution in [0.4, 0.5) is 11.6 Å². The van der Waals surface area contributed by atoms with E-state index >= 15 is 0 Å². The van der Waals surface area contributed by atoms with E-state index < -0.39 is 73.6 Å². The first-order valence-corrected chi connectivity index (χ1v) is 21.4. The summed E-state index contributed by atoms with van der Waals surface area (Å²) in [7, 11) is -9.33. The molecule has 1 amide bonds. The van der Waals surface area contributed by atoms with Crippen LogP contribution in [0.1, 0.15) is 66.6 Å². The van der Waals surface area contributed by atoms with Crippen LogP contribution < -0.4 is 22.4 Å². The maximum atomic E-state index is 12.7. The molecule has 8 N–H and O–H groups in total. The maximum Gasteiger partial charge on any atom is 0.469 e. The lowest BCUT2D eigenvalue weighted by Gasteiger charge is -2.19. The molecule has 0 saturated carbocycles. The lowest BCUT2D eigenvalue weighted by atomic mass is 10.1. The number of hydrogen-bond donors (Lipinski definition) is 7. The molecule has 324 valence electrons. The van der Waals surface area contributed by atoms with Crippen molar-refractivity contribution in [3.8, 4) is 0 Å². The van der Waals surface area contributed by atoms with Crippen LogP contribution in [-0.2, 0) is 22.9 Å². The number of esters is 1. The van der Waals surface area contributed by atoms with Crippen LogP contribution in [-0.4, -0.2) is 91.6 Å². The van der Waals surface area contributed by atoms with Gasteiger partial charge in [0.25, 0.3) is 5.91 Å². The molecule has 0 unspecified atom stereocenters. The zero-order valence-corrected chi connectivity index (χ0v) is 32.3. The molecule has 6 atom stereocenters. The monoisotopic (exact) mass is 902 g/mol. The number of aliphatic hydroxyl groups is 1. The number of anilines is 2. The second-order valence-electron chi connectivity index (χ2n) is 12.0. The molecule has 2 aromatic heterocycles. The number of benzene rings is 2. The molecule has 59 heavy (non-hydrogen) atoms. The molecule has 4 aromatic rings. The summed E-state index contributed by atoms with van der Waals surface area (Å²) in [4.78, 5) is 92.3. The Kier molecular flexibility index (Phi) is 19.4. The molecule has 4 heterocycles. The van der Waals surface area contributed by atoms with Crippen molar-refractivity contribution in [3.05, 3.63) is 117 Å². The molecule has 0 radical (unpaired) electrons. The Bertz CT molecular complexity index is 2210. The summed E-state index contributed by atoms with van der Waals surface area (Å²) in [5.41, 5.74) is 4.93. The number of amides is 1. The third-order valence-electron chi connectivity index (χ3n) is 8.05. The van der Waals surface area contributed by atoms with Crippen LogP contribution in [0.5, 0.6) is 0 Å². The van der Waals surface area contributed by atoms with E-state index in [9.17, 15) is 33.4 Å². The number of nitrogen functional groups attached to an aromatic ring is 1. The Labute approximate surface area is 348 Å². The number of aliphatic hydroxyl groups excluding tert-OH is 1. The number of rotatable bonds is 12. The number of nitrogens with two attached hydrogens (primary N) is 1. The lowest BCUT2D eigenvalue weighted by Crippen LogP contribution is -2.29. The standard InChI is InChI=1S/C23H22N3O8PS.C9H14N3O6PS.3CH4/c27-21(15-7-3-1-4-8-15)24-19-11-12-26(23(29)25-19)20-13-17(18(36-20)14-33-35(30,31)32)34-22(28)16-9-5-2-6-10-16;10-7-1-2-12(9(14)11-7)8-3-5(13)6(20-8)4-18-19(15,16)17;;;/h1-12,17-18,20H,13-14H2,(H2,30,31,32)(H,24,25,27,29);1-2,5-6,8,13H,3-4H2,(H2,10,11,14)(H2,15,16,17);3*1H4/t17-,18-,20-;5-,6-,8-;;;/m11.../s1. The SMILES string of the molecule is C.C.C.Nc1ccn([C@H]2C[C@@H](O)[C@@H](COP(=O)(O)O)S2)c(=O)n1.O=C(Nc1ccn([C@H]2C[C@@H](OC(=O)c3ccccc3)[C@@H](COP(=O)(O)O)S2)c(=O)n1)c1ccccc1. The van der Waals surface area contributed by atoms with E-state index in [0.717, 1.165) is 0 Å². The molecule has 0 spiro atoms. The van der Waals surface area contributed by atoms with Crippen molar-refractivity contribution < 1.29 is 57.2 Å². The van der Waals surface area contributed by atoms with Gasteiger partial charge in [-0.2, -0.15) is 9.97 Å². The van der Waals surface area contributed by atoms with Gasteiger partial charge < -0.3 is 40.5 Å². The van der Waals surface area contributed by atoms with E-state index in [-0.39, 0.29) is 58.7 Å². The zero-order chi connectivity index (χ0) is 40.6. The van der Waals surface area contributed by atoms with E-state index in [1.54, 1.807) is 60.7 Å². The smallest absolute Gasteiger partial charge is 0.457 e. The number of carbonyl (C=O) groups is 2. The van der Waals surface area contributed by atoms with E-state index in [4.69, 9.17) is 30.0 Å². The molecular formula is C35H48N6O14P2S2. The van der Waals surface area contributed by atoms with Crippen LogP contribution in [0.2, 0.25) is 0 Å². The Balaban J connectivity index is 0.000000447. The third-order valence-corrected chi connectivity index (χ3v) is 12.1. The predicted molar refractivity (Wildman–Crippen MR) is 224 cm³/mol. The average Bonchev–Trinajstić information content (AvgIpc) is 3.72. The Hall–Kier alpha value is -4.18. The fraction of sp³-hybridized carbons (Fsp3) is 0.371. The number of phosphoric ester groups is 2. The van der Waals surface area contributed by atoms with Crippen LogP contribution in [0.3, 0.4) is 0 Å². The minimum atomic E-state index is -4.76. The second kappa shape index (κ2) is 22.4. The molecular weight excluding hydrogens is 854 g/mol. The van der Waals surface area contributed by atoms with Gasteiger partial charge >= 0.3 is 33.0 Å². The molecule has 0 aliphatic carbocycles. The Morgan fingerprint density at radius 2 is 1.24 bits per heavy atom. The van der Waals surface area contributed by atoms with Gasteiger partial charge in [0.2, 0.25) is 0 Å². The van der Waals surface area contributed by atoms with Gasteiger partial charge in [-0.05, 0) is 36.4 Å². The summed E-state index contributed by atoms with van der Waals surface area (Å²) < 4.78 is 39.1. The first kappa shape index (κ1) is 51.0. The molecule has 20 nitrogen and oxygen atoms in total. The highest BCUT2D eigenvalue weighted by Gasteiger charge is 2.41. The molecule has 2 aliphatic heterocycles. The van der Waals surface area contributed by atoms with Crippen LogP contribution in [0, 0.1) is 0 Å². The highest BCUT2D eigenvalue weighted by atomic mass is 32.2. The van der Waals surface area contributed by atoms with E-state index in [0.29, 0.717) is 11.1 Å². The third kappa shape index (κ3) is 15.1. The number of nitrogens with zero attached hydrogens (tertiary/aromatic N) is 4. The number of nitrogens with one attached hydrogen (secondary N) is 1. The van der Waals surface area contributed by atoms with Crippen LogP contribution in [0.15, 0.2) is 94.8 Å². The topological polar surface area (TPSA) is 305 Å². The number of ether oxygens (including phenoxy) is 1. The van der Waals surface area contributed by atoms with Gasteiger partial charge in [-0.3, -0.25) is 23.0 Å². The van der Waals surface area contributed by atoms with Crippen molar-refractivity contribution in [3.63, 3.8) is 0 Å². The van der Waals surface area contributed by atoms with Gasteiger partial charge in [0.15, 0.2) is 0 Å². The quantitative estimate of drug-likeness (QED) is 0.0779.